The van der Waals surface area contributed by atoms with Gasteiger partial charge in [-0.3, -0.25) is 4.79 Å². The summed E-state index contributed by atoms with van der Waals surface area (Å²) in [7, 11) is -3.65. The standard InChI is InChI=1S/C19H25NO5S/c1-5-25-18(21)12-17(20-26(22,23)19(2,3)4)15-8-6-7-14(11-15)16-9-10-24-13-16/h6-11,13,17,20H,5,12H2,1-4H3/t17-/m0/s1. The Hall–Kier alpha value is -2.12. The molecule has 0 radical (unpaired) electrons. The Morgan fingerprint density at radius 3 is 2.54 bits per heavy atom. The summed E-state index contributed by atoms with van der Waals surface area (Å²) >= 11 is 0. The van der Waals surface area contributed by atoms with Crippen molar-refractivity contribution in [3.63, 3.8) is 0 Å². The number of benzene rings is 1. The lowest BCUT2D eigenvalue weighted by Crippen LogP contribution is -2.42. The van der Waals surface area contributed by atoms with Crippen molar-refractivity contribution in [1.82, 2.24) is 4.72 Å². The summed E-state index contributed by atoms with van der Waals surface area (Å²) in [6.45, 7) is 6.79. The maximum atomic E-state index is 12.6. The highest BCUT2D eigenvalue weighted by Crippen LogP contribution is 2.27. The summed E-state index contributed by atoms with van der Waals surface area (Å²) in [4.78, 5) is 12.0. The number of rotatable bonds is 7. The van der Waals surface area contributed by atoms with E-state index in [0.717, 1.165) is 11.1 Å². The van der Waals surface area contributed by atoms with Crippen LogP contribution in [0.25, 0.3) is 11.1 Å². The molecule has 7 heteroatoms. The molecule has 1 aromatic heterocycles. The summed E-state index contributed by atoms with van der Waals surface area (Å²) in [6, 6.07) is 8.46. The second-order valence-corrected chi connectivity index (χ2v) is 9.40. The van der Waals surface area contributed by atoms with E-state index >= 15 is 0 Å². The molecule has 6 nitrogen and oxygen atoms in total. The minimum absolute atomic E-state index is 0.0853. The first kappa shape index (κ1) is 20.2. The summed E-state index contributed by atoms with van der Waals surface area (Å²) in [6.07, 6.45) is 3.09. The van der Waals surface area contributed by atoms with Crippen LogP contribution in [-0.2, 0) is 19.6 Å². The van der Waals surface area contributed by atoms with Gasteiger partial charge in [0.05, 0.1) is 36.3 Å². The lowest BCUT2D eigenvalue weighted by molar-refractivity contribution is -0.143. The van der Waals surface area contributed by atoms with Gasteiger partial charge < -0.3 is 9.15 Å². The van der Waals surface area contributed by atoms with Crippen LogP contribution in [0.5, 0.6) is 0 Å². The Labute approximate surface area is 154 Å². The van der Waals surface area contributed by atoms with Gasteiger partial charge in [-0.15, -0.1) is 0 Å². The first-order valence-electron chi connectivity index (χ1n) is 8.44. The van der Waals surface area contributed by atoms with Gasteiger partial charge in [0.25, 0.3) is 0 Å². The van der Waals surface area contributed by atoms with Crippen molar-refractivity contribution in [2.75, 3.05) is 6.61 Å². The number of furan rings is 1. The molecule has 0 bridgehead atoms. The van der Waals surface area contributed by atoms with E-state index in [1.54, 1.807) is 46.3 Å². The van der Waals surface area contributed by atoms with E-state index in [1.165, 1.54) is 0 Å². The number of hydrogen-bond acceptors (Lipinski definition) is 5. The number of nitrogens with one attached hydrogen (secondary N) is 1. The minimum atomic E-state index is -3.65. The van der Waals surface area contributed by atoms with E-state index in [4.69, 9.17) is 9.15 Å². The Bertz CT molecular complexity index is 835. The third-order valence-corrected chi connectivity index (χ3v) is 6.13. The molecule has 1 heterocycles. The fourth-order valence-electron chi connectivity index (χ4n) is 2.34. The van der Waals surface area contributed by atoms with Crippen LogP contribution in [-0.4, -0.2) is 25.7 Å². The van der Waals surface area contributed by atoms with Gasteiger partial charge in [0, 0.05) is 5.56 Å². The third kappa shape index (κ3) is 4.95. The molecular formula is C19H25NO5S. The van der Waals surface area contributed by atoms with Crippen LogP contribution >= 0.6 is 0 Å². The number of carbonyl (C=O) groups is 1. The van der Waals surface area contributed by atoms with Gasteiger partial charge in [-0.05, 0) is 51.0 Å². The molecule has 0 fully saturated rings. The molecule has 1 N–H and O–H groups in total. The second-order valence-electron chi connectivity index (χ2n) is 6.93. The zero-order valence-corrected chi connectivity index (χ0v) is 16.3. The van der Waals surface area contributed by atoms with Gasteiger partial charge in [0.1, 0.15) is 0 Å². The van der Waals surface area contributed by atoms with Gasteiger partial charge in [-0.1, -0.05) is 18.2 Å². The smallest absolute Gasteiger partial charge is 0.307 e. The molecule has 1 atom stereocenters. The molecule has 142 valence electrons. The Morgan fingerprint density at radius 2 is 1.96 bits per heavy atom. The average Bonchev–Trinajstić information content (AvgIpc) is 3.08. The first-order chi connectivity index (χ1) is 12.1. The van der Waals surface area contributed by atoms with E-state index < -0.39 is 26.8 Å². The fourth-order valence-corrected chi connectivity index (χ4v) is 3.29. The van der Waals surface area contributed by atoms with Crippen LogP contribution in [0.1, 0.15) is 45.7 Å². The topological polar surface area (TPSA) is 85.6 Å². The highest BCUT2D eigenvalue weighted by Gasteiger charge is 2.32. The molecule has 0 aliphatic rings. The predicted molar refractivity (Wildman–Crippen MR) is 99.9 cm³/mol. The summed E-state index contributed by atoms with van der Waals surface area (Å²) in [5.74, 6) is -0.456. The van der Waals surface area contributed by atoms with Crippen molar-refractivity contribution >= 4 is 16.0 Å². The van der Waals surface area contributed by atoms with Crippen molar-refractivity contribution in [1.29, 1.82) is 0 Å². The Kier molecular flexibility index (Phi) is 6.26. The largest absolute Gasteiger partial charge is 0.472 e. The number of esters is 1. The maximum absolute atomic E-state index is 12.6. The molecule has 2 rings (SSSR count). The fraction of sp³-hybridized carbons (Fsp3) is 0.421. The summed E-state index contributed by atoms with van der Waals surface area (Å²) in [5.41, 5.74) is 2.44. The molecule has 0 amide bonds. The molecule has 0 aliphatic carbocycles. The van der Waals surface area contributed by atoms with E-state index in [-0.39, 0.29) is 13.0 Å². The Morgan fingerprint density at radius 1 is 1.23 bits per heavy atom. The van der Waals surface area contributed by atoms with E-state index in [2.05, 4.69) is 4.72 Å². The Balaban J connectivity index is 2.37. The molecular weight excluding hydrogens is 354 g/mol. The van der Waals surface area contributed by atoms with Gasteiger partial charge >= 0.3 is 5.97 Å². The molecule has 0 saturated carbocycles. The lowest BCUT2D eigenvalue weighted by Gasteiger charge is -2.25. The summed E-state index contributed by atoms with van der Waals surface area (Å²) in [5, 5.41) is 0. The minimum Gasteiger partial charge on any atom is -0.472 e. The monoisotopic (exact) mass is 379 g/mol. The number of ether oxygens (including phenoxy) is 1. The molecule has 0 aliphatic heterocycles. The van der Waals surface area contributed by atoms with E-state index in [9.17, 15) is 13.2 Å². The predicted octanol–water partition coefficient (Wildman–Crippen LogP) is 3.66. The van der Waals surface area contributed by atoms with Crippen LogP contribution in [0, 0.1) is 0 Å². The van der Waals surface area contributed by atoms with Gasteiger partial charge in [-0.25, -0.2) is 13.1 Å². The van der Waals surface area contributed by atoms with E-state index in [0.29, 0.717) is 5.56 Å². The molecule has 0 unspecified atom stereocenters. The zero-order valence-electron chi connectivity index (χ0n) is 15.5. The van der Waals surface area contributed by atoms with Crippen LogP contribution in [0.3, 0.4) is 0 Å². The van der Waals surface area contributed by atoms with Crippen LogP contribution in [0.4, 0.5) is 0 Å². The van der Waals surface area contributed by atoms with Gasteiger partial charge in [0.2, 0.25) is 10.0 Å². The number of carbonyl (C=O) groups excluding carboxylic acids is 1. The molecule has 1 aromatic carbocycles. The van der Waals surface area contributed by atoms with Gasteiger partial charge in [0.15, 0.2) is 0 Å². The van der Waals surface area contributed by atoms with Crippen molar-refractivity contribution in [3.05, 3.63) is 48.4 Å². The van der Waals surface area contributed by atoms with Crippen LogP contribution in [0.15, 0.2) is 47.3 Å². The van der Waals surface area contributed by atoms with Gasteiger partial charge in [-0.2, -0.15) is 0 Å². The molecule has 2 aromatic rings. The number of hydrogen-bond donors (Lipinski definition) is 1. The van der Waals surface area contributed by atoms with Crippen molar-refractivity contribution in [2.45, 2.75) is 44.9 Å². The molecule has 0 spiro atoms. The highest BCUT2D eigenvalue weighted by molar-refractivity contribution is 7.90. The van der Waals surface area contributed by atoms with Crippen molar-refractivity contribution < 1.29 is 22.4 Å². The van der Waals surface area contributed by atoms with Crippen LogP contribution in [0.2, 0.25) is 0 Å². The maximum Gasteiger partial charge on any atom is 0.307 e. The summed E-state index contributed by atoms with van der Waals surface area (Å²) < 4.78 is 37.0. The van der Waals surface area contributed by atoms with E-state index in [1.807, 2.05) is 24.3 Å². The van der Waals surface area contributed by atoms with Crippen LogP contribution < -0.4 is 4.72 Å². The second kappa shape index (κ2) is 8.05. The highest BCUT2D eigenvalue weighted by atomic mass is 32.2. The lowest BCUT2D eigenvalue weighted by atomic mass is 10.00. The van der Waals surface area contributed by atoms with Crippen molar-refractivity contribution in [3.8, 4) is 11.1 Å². The quantitative estimate of drug-likeness (QED) is 0.742. The zero-order chi connectivity index (χ0) is 19.4. The third-order valence-electron chi connectivity index (χ3n) is 3.92. The molecule has 26 heavy (non-hydrogen) atoms. The number of sulfonamides is 1. The SMILES string of the molecule is CCOC(=O)C[C@H](NS(=O)(=O)C(C)(C)C)c1cccc(-c2ccoc2)c1. The molecule has 0 saturated heterocycles. The average molecular weight is 379 g/mol. The normalized spacial score (nSPS) is 13.4. The first-order valence-corrected chi connectivity index (χ1v) is 9.92. The van der Waals surface area contributed by atoms with Crippen molar-refractivity contribution in [2.24, 2.45) is 0 Å².